The molecule has 9 heteroatoms. The number of piperazine rings is 1. The Kier molecular flexibility index (Phi) is 5.28. The number of anilines is 3. The number of aromatic nitrogens is 4. The number of carbonyl (C=O) groups excluding carboxylic acids is 1. The van der Waals surface area contributed by atoms with Crippen LogP contribution in [0.2, 0.25) is 0 Å². The van der Waals surface area contributed by atoms with Gasteiger partial charge in [0.1, 0.15) is 11.5 Å². The fourth-order valence-electron chi connectivity index (χ4n) is 3.13. The molecule has 0 aliphatic carbocycles. The maximum absolute atomic E-state index is 13.3. The highest BCUT2D eigenvalue weighted by Crippen LogP contribution is 2.17. The van der Waals surface area contributed by atoms with Crippen LogP contribution >= 0.6 is 0 Å². The molecule has 4 rings (SSSR count). The largest absolute Gasteiger partial charge is 0.337 e. The van der Waals surface area contributed by atoms with E-state index < -0.39 is 11.7 Å². The number of carbonyl (C=O) groups is 1. The van der Waals surface area contributed by atoms with Gasteiger partial charge < -0.3 is 15.1 Å². The lowest BCUT2D eigenvalue weighted by Crippen LogP contribution is -2.47. The lowest BCUT2D eigenvalue weighted by atomic mass is 10.2. The molecule has 0 spiro atoms. The van der Waals surface area contributed by atoms with Gasteiger partial charge in [-0.25, -0.2) is 24.3 Å². The molecule has 0 atom stereocenters. The molecule has 1 fully saturated rings. The highest BCUT2D eigenvalue weighted by molar-refractivity contribution is 6.03. The number of nitrogens with one attached hydrogen (secondary N) is 1. The first-order valence-corrected chi connectivity index (χ1v) is 9.28. The number of nitrogens with zero attached hydrogens (tertiary/aromatic N) is 6. The second-order valence-corrected chi connectivity index (χ2v) is 6.68. The van der Waals surface area contributed by atoms with E-state index in [0.29, 0.717) is 36.4 Å². The first kappa shape index (κ1) is 18.7. The first-order chi connectivity index (χ1) is 14.1. The maximum Gasteiger partial charge on any atom is 0.274 e. The highest BCUT2D eigenvalue weighted by Gasteiger charge is 2.22. The molecule has 0 bridgehead atoms. The van der Waals surface area contributed by atoms with Crippen LogP contribution < -0.4 is 15.1 Å². The van der Waals surface area contributed by atoms with Gasteiger partial charge in [-0.3, -0.25) is 4.79 Å². The summed E-state index contributed by atoms with van der Waals surface area (Å²) in [4.78, 5) is 34.2. The Morgan fingerprint density at radius 3 is 2.34 bits per heavy atom. The van der Waals surface area contributed by atoms with Gasteiger partial charge in [0.05, 0.1) is 0 Å². The van der Waals surface area contributed by atoms with Gasteiger partial charge in [0.15, 0.2) is 0 Å². The van der Waals surface area contributed by atoms with Crippen LogP contribution in [0.3, 0.4) is 0 Å². The maximum atomic E-state index is 13.3. The Balaban J connectivity index is 1.46. The third kappa shape index (κ3) is 4.45. The second-order valence-electron chi connectivity index (χ2n) is 6.68. The summed E-state index contributed by atoms with van der Waals surface area (Å²) in [6, 6.07) is 9.15. The van der Waals surface area contributed by atoms with Gasteiger partial charge in [-0.2, -0.15) is 0 Å². The third-order valence-corrected chi connectivity index (χ3v) is 4.56. The molecule has 0 radical (unpaired) electrons. The van der Waals surface area contributed by atoms with Crippen LogP contribution in [-0.2, 0) is 0 Å². The molecule has 0 unspecified atom stereocenters. The van der Waals surface area contributed by atoms with Crippen LogP contribution in [0.25, 0.3) is 0 Å². The molecule has 1 aromatic carbocycles. The van der Waals surface area contributed by atoms with Gasteiger partial charge in [0.25, 0.3) is 5.91 Å². The lowest BCUT2D eigenvalue weighted by molar-refractivity contribution is 0.102. The highest BCUT2D eigenvalue weighted by atomic mass is 19.1. The van der Waals surface area contributed by atoms with E-state index in [0.717, 1.165) is 13.1 Å². The van der Waals surface area contributed by atoms with Crippen LogP contribution in [0, 0.1) is 12.7 Å². The molecule has 1 saturated heterocycles. The molecule has 1 N–H and O–H groups in total. The third-order valence-electron chi connectivity index (χ3n) is 4.56. The van der Waals surface area contributed by atoms with E-state index in [2.05, 4.69) is 30.2 Å². The molecular formula is C20H20FN7O. The van der Waals surface area contributed by atoms with Crippen LogP contribution in [0.5, 0.6) is 0 Å². The number of aryl methyl sites for hydroxylation is 1. The van der Waals surface area contributed by atoms with Crippen molar-refractivity contribution >= 4 is 23.5 Å². The molecule has 3 aromatic rings. The number of amides is 1. The Bertz CT molecular complexity index is 1010. The number of benzene rings is 1. The van der Waals surface area contributed by atoms with Gasteiger partial charge in [0.2, 0.25) is 11.9 Å². The summed E-state index contributed by atoms with van der Waals surface area (Å²) in [7, 11) is 0. The minimum Gasteiger partial charge on any atom is -0.337 e. The Morgan fingerprint density at radius 1 is 0.966 bits per heavy atom. The van der Waals surface area contributed by atoms with Gasteiger partial charge in [-0.05, 0) is 37.3 Å². The summed E-state index contributed by atoms with van der Waals surface area (Å²) in [5, 5.41) is 2.67. The van der Waals surface area contributed by atoms with Crippen molar-refractivity contribution in [1.29, 1.82) is 0 Å². The number of halogens is 1. The molecule has 2 aromatic heterocycles. The summed E-state index contributed by atoms with van der Waals surface area (Å²) in [5.74, 6) is 0.386. The quantitative estimate of drug-likeness (QED) is 0.728. The standard InChI is InChI=1S/C20H20FN7O/c1-14-12-17(18(29)25-16-5-2-4-15(21)13-16)26-20(24-14)28-10-8-27(9-11-28)19-22-6-3-7-23-19/h2-7,12-13H,8-11H2,1H3,(H,25,29). The van der Waals surface area contributed by atoms with Crippen molar-refractivity contribution in [2.75, 3.05) is 41.3 Å². The number of hydrogen-bond donors (Lipinski definition) is 1. The topological polar surface area (TPSA) is 87.1 Å². The van der Waals surface area contributed by atoms with Crippen molar-refractivity contribution in [2.45, 2.75) is 6.92 Å². The average molecular weight is 393 g/mol. The summed E-state index contributed by atoms with van der Waals surface area (Å²) >= 11 is 0. The van der Waals surface area contributed by atoms with Crippen molar-refractivity contribution in [3.05, 3.63) is 66.0 Å². The Morgan fingerprint density at radius 2 is 1.66 bits per heavy atom. The van der Waals surface area contributed by atoms with Crippen molar-refractivity contribution in [2.24, 2.45) is 0 Å². The van der Waals surface area contributed by atoms with Crippen molar-refractivity contribution in [3.8, 4) is 0 Å². The van der Waals surface area contributed by atoms with Gasteiger partial charge in [0, 0.05) is 50.0 Å². The zero-order valence-electron chi connectivity index (χ0n) is 15.9. The van der Waals surface area contributed by atoms with E-state index in [1.807, 2.05) is 11.8 Å². The second kappa shape index (κ2) is 8.17. The Hall–Kier alpha value is -3.62. The molecule has 1 aliphatic rings. The minimum atomic E-state index is -0.414. The van der Waals surface area contributed by atoms with Crippen molar-refractivity contribution in [3.63, 3.8) is 0 Å². The molecule has 0 saturated carbocycles. The SMILES string of the molecule is Cc1cc(C(=O)Nc2cccc(F)c2)nc(N2CCN(c3ncccn3)CC2)n1. The van der Waals surface area contributed by atoms with Gasteiger partial charge in [-0.15, -0.1) is 0 Å². The van der Waals surface area contributed by atoms with E-state index in [-0.39, 0.29) is 5.69 Å². The van der Waals surface area contributed by atoms with E-state index in [9.17, 15) is 9.18 Å². The monoisotopic (exact) mass is 393 g/mol. The summed E-state index contributed by atoms with van der Waals surface area (Å²) in [6.07, 6.45) is 3.45. The molecular weight excluding hydrogens is 373 g/mol. The summed E-state index contributed by atoms with van der Waals surface area (Å²) < 4.78 is 13.3. The fraction of sp³-hybridized carbons (Fsp3) is 0.250. The van der Waals surface area contributed by atoms with Crippen LogP contribution in [0.4, 0.5) is 22.0 Å². The van der Waals surface area contributed by atoms with E-state index in [4.69, 9.17) is 0 Å². The van der Waals surface area contributed by atoms with Crippen LogP contribution in [-0.4, -0.2) is 52.0 Å². The smallest absolute Gasteiger partial charge is 0.274 e. The van der Waals surface area contributed by atoms with Crippen LogP contribution in [0.1, 0.15) is 16.2 Å². The van der Waals surface area contributed by atoms with Crippen molar-refractivity contribution in [1.82, 2.24) is 19.9 Å². The predicted molar refractivity (Wildman–Crippen MR) is 108 cm³/mol. The van der Waals surface area contributed by atoms with Crippen molar-refractivity contribution < 1.29 is 9.18 Å². The molecule has 29 heavy (non-hydrogen) atoms. The molecule has 148 valence electrons. The number of rotatable bonds is 4. The number of hydrogen-bond acceptors (Lipinski definition) is 7. The van der Waals surface area contributed by atoms with E-state index >= 15 is 0 Å². The van der Waals surface area contributed by atoms with Gasteiger partial charge in [-0.1, -0.05) is 6.07 Å². The van der Waals surface area contributed by atoms with E-state index in [1.165, 1.54) is 18.2 Å². The lowest BCUT2D eigenvalue weighted by Gasteiger charge is -2.34. The summed E-state index contributed by atoms with van der Waals surface area (Å²) in [5.41, 5.74) is 1.31. The van der Waals surface area contributed by atoms with Crippen LogP contribution in [0.15, 0.2) is 48.8 Å². The molecule has 1 aliphatic heterocycles. The molecule has 3 heterocycles. The van der Waals surface area contributed by atoms with Gasteiger partial charge >= 0.3 is 0 Å². The Labute approximate surface area is 167 Å². The molecule has 1 amide bonds. The zero-order chi connectivity index (χ0) is 20.2. The first-order valence-electron chi connectivity index (χ1n) is 9.28. The fourth-order valence-corrected chi connectivity index (χ4v) is 3.13. The minimum absolute atomic E-state index is 0.241. The predicted octanol–water partition coefficient (Wildman–Crippen LogP) is 2.29. The normalized spacial score (nSPS) is 14.0. The zero-order valence-corrected chi connectivity index (χ0v) is 15.9. The van der Waals surface area contributed by atoms with E-state index in [1.54, 1.807) is 30.6 Å². The average Bonchev–Trinajstić information content (AvgIpc) is 2.74. The molecule has 8 nitrogen and oxygen atoms in total. The summed E-state index contributed by atoms with van der Waals surface area (Å²) in [6.45, 7) is 4.65.